The number of esters is 1. The molecule has 1 N–H and O–H groups in total. The number of hydrogen-bond acceptors (Lipinski definition) is 6. The van der Waals surface area contributed by atoms with Gasteiger partial charge in [0.25, 0.3) is 5.91 Å². The summed E-state index contributed by atoms with van der Waals surface area (Å²) in [6.07, 6.45) is 3.27. The van der Waals surface area contributed by atoms with Crippen LogP contribution < -0.4 is 14.8 Å². The zero-order chi connectivity index (χ0) is 19.5. The minimum atomic E-state index is -0.184. The Hall–Kier alpha value is -2.54. The number of fused-ring (bicyclic) bond motifs is 1. The SMILES string of the molecule is COC(=O)[C@H]1CCC[C@H](NC(=O)c2ccc(-c3ccc4c(c3)OCCO4)s2)C1. The molecule has 1 aromatic heterocycles. The summed E-state index contributed by atoms with van der Waals surface area (Å²) in [5.41, 5.74) is 0.997. The van der Waals surface area contributed by atoms with Gasteiger partial charge >= 0.3 is 5.97 Å². The van der Waals surface area contributed by atoms with Crippen molar-refractivity contribution < 1.29 is 23.8 Å². The monoisotopic (exact) mass is 401 g/mol. The number of ether oxygens (including phenoxy) is 3. The van der Waals surface area contributed by atoms with Crippen molar-refractivity contribution in [2.75, 3.05) is 20.3 Å². The number of thiophene rings is 1. The molecule has 28 heavy (non-hydrogen) atoms. The third kappa shape index (κ3) is 3.99. The topological polar surface area (TPSA) is 73.9 Å². The molecule has 2 heterocycles. The molecule has 1 amide bonds. The molecule has 2 aromatic rings. The lowest BCUT2D eigenvalue weighted by atomic mass is 9.85. The number of hydrogen-bond donors (Lipinski definition) is 1. The van der Waals surface area contributed by atoms with Gasteiger partial charge < -0.3 is 19.5 Å². The summed E-state index contributed by atoms with van der Waals surface area (Å²) < 4.78 is 16.0. The summed E-state index contributed by atoms with van der Waals surface area (Å²) in [6.45, 7) is 1.11. The second kappa shape index (κ2) is 8.22. The maximum absolute atomic E-state index is 12.7. The number of rotatable bonds is 4. The summed E-state index contributed by atoms with van der Waals surface area (Å²) in [5, 5.41) is 3.08. The number of nitrogens with one attached hydrogen (secondary N) is 1. The molecular formula is C21H23NO5S. The lowest BCUT2D eigenvalue weighted by Crippen LogP contribution is -2.39. The lowest BCUT2D eigenvalue weighted by Gasteiger charge is -2.27. The van der Waals surface area contributed by atoms with Crippen LogP contribution in [0.2, 0.25) is 0 Å². The van der Waals surface area contributed by atoms with Crippen LogP contribution in [0.25, 0.3) is 10.4 Å². The second-order valence-corrected chi connectivity index (χ2v) is 8.16. The van der Waals surface area contributed by atoms with Crippen LogP contribution in [0.5, 0.6) is 11.5 Å². The Labute approximate surface area is 167 Å². The normalized spacial score (nSPS) is 21.0. The highest BCUT2D eigenvalue weighted by molar-refractivity contribution is 7.17. The van der Waals surface area contributed by atoms with E-state index >= 15 is 0 Å². The summed E-state index contributed by atoms with van der Waals surface area (Å²) in [6, 6.07) is 9.62. The Balaban J connectivity index is 1.42. The molecule has 2 atom stereocenters. The van der Waals surface area contributed by atoms with Crippen LogP contribution in [0.15, 0.2) is 30.3 Å². The summed E-state index contributed by atoms with van der Waals surface area (Å²) in [5.74, 6) is 1.09. The van der Waals surface area contributed by atoms with Crippen LogP contribution in [0.1, 0.15) is 35.4 Å². The van der Waals surface area contributed by atoms with Gasteiger partial charge in [0, 0.05) is 10.9 Å². The first kappa shape index (κ1) is 18.8. The van der Waals surface area contributed by atoms with E-state index in [1.807, 2.05) is 30.3 Å². The second-order valence-electron chi connectivity index (χ2n) is 7.08. The van der Waals surface area contributed by atoms with Crippen molar-refractivity contribution >= 4 is 23.2 Å². The van der Waals surface area contributed by atoms with Gasteiger partial charge in [0.1, 0.15) is 13.2 Å². The van der Waals surface area contributed by atoms with Gasteiger partial charge in [-0.3, -0.25) is 9.59 Å². The summed E-state index contributed by atoms with van der Waals surface area (Å²) in [4.78, 5) is 26.1. The van der Waals surface area contributed by atoms with Crippen LogP contribution in [-0.2, 0) is 9.53 Å². The van der Waals surface area contributed by atoms with Crippen LogP contribution in [0, 0.1) is 5.92 Å². The molecule has 0 bridgehead atoms. The zero-order valence-electron chi connectivity index (χ0n) is 15.7. The Morgan fingerprint density at radius 3 is 2.75 bits per heavy atom. The Bertz CT molecular complexity index is 877. The number of amides is 1. The van der Waals surface area contributed by atoms with Gasteiger partial charge in [0.05, 0.1) is 17.9 Å². The van der Waals surface area contributed by atoms with E-state index in [9.17, 15) is 9.59 Å². The molecule has 6 nitrogen and oxygen atoms in total. The molecule has 1 aliphatic carbocycles. The standard InChI is InChI=1S/C21H23NO5S/c1-25-21(24)14-3-2-4-15(11-14)22-20(23)19-8-7-18(28-19)13-5-6-16-17(12-13)27-10-9-26-16/h5-8,12,14-15H,2-4,9-11H2,1H3,(H,22,23)/t14-,15-/m0/s1. The molecule has 0 unspecified atom stereocenters. The van der Waals surface area contributed by atoms with Crippen molar-refractivity contribution in [3.63, 3.8) is 0 Å². The van der Waals surface area contributed by atoms with Gasteiger partial charge in [-0.1, -0.05) is 6.42 Å². The predicted molar refractivity (Wildman–Crippen MR) is 106 cm³/mol. The van der Waals surface area contributed by atoms with E-state index in [0.717, 1.165) is 41.2 Å². The summed E-state index contributed by atoms with van der Waals surface area (Å²) >= 11 is 1.44. The highest BCUT2D eigenvalue weighted by Crippen LogP contribution is 2.37. The molecule has 0 spiro atoms. The molecule has 0 saturated heterocycles. The van der Waals surface area contributed by atoms with Gasteiger partial charge in [0.2, 0.25) is 0 Å². The molecule has 0 radical (unpaired) electrons. The van der Waals surface area contributed by atoms with E-state index in [2.05, 4.69) is 5.32 Å². The van der Waals surface area contributed by atoms with Crippen molar-refractivity contribution in [1.29, 1.82) is 0 Å². The van der Waals surface area contributed by atoms with Gasteiger partial charge in [-0.25, -0.2) is 0 Å². The minimum absolute atomic E-state index is 0.00481. The average Bonchev–Trinajstić information content (AvgIpc) is 3.23. The van der Waals surface area contributed by atoms with Crippen LogP contribution >= 0.6 is 11.3 Å². The highest BCUT2D eigenvalue weighted by Gasteiger charge is 2.29. The van der Waals surface area contributed by atoms with Crippen molar-refractivity contribution in [1.82, 2.24) is 5.32 Å². The Morgan fingerprint density at radius 2 is 1.93 bits per heavy atom. The maximum atomic E-state index is 12.7. The molecule has 1 aliphatic heterocycles. The van der Waals surface area contributed by atoms with Crippen LogP contribution in [0.4, 0.5) is 0 Å². The molecule has 148 valence electrons. The number of benzene rings is 1. The van der Waals surface area contributed by atoms with E-state index < -0.39 is 0 Å². The van der Waals surface area contributed by atoms with E-state index in [1.165, 1.54) is 18.4 Å². The first-order valence-corrected chi connectivity index (χ1v) is 10.3. The van der Waals surface area contributed by atoms with Crippen molar-refractivity contribution in [3.05, 3.63) is 35.2 Å². The smallest absolute Gasteiger partial charge is 0.308 e. The Morgan fingerprint density at radius 1 is 1.11 bits per heavy atom. The van der Waals surface area contributed by atoms with Crippen LogP contribution in [-0.4, -0.2) is 38.2 Å². The van der Waals surface area contributed by atoms with Crippen molar-refractivity contribution in [2.45, 2.75) is 31.7 Å². The highest BCUT2D eigenvalue weighted by atomic mass is 32.1. The minimum Gasteiger partial charge on any atom is -0.486 e. The van der Waals surface area contributed by atoms with E-state index in [4.69, 9.17) is 14.2 Å². The average molecular weight is 401 g/mol. The first-order valence-electron chi connectivity index (χ1n) is 9.52. The van der Waals surface area contributed by atoms with Crippen molar-refractivity contribution in [3.8, 4) is 21.9 Å². The first-order chi connectivity index (χ1) is 13.6. The fraction of sp³-hybridized carbons (Fsp3) is 0.429. The fourth-order valence-corrected chi connectivity index (χ4v) is 4.68. The number of methoxy groups -OCH3 is 1. The van der Waals surface area contributed by atoms with Gasteiger partial charge in [-0.2, -0.15) is 0 Å². The van der Waals surface area contributed by atoms with E-state index in [0.29, 0.717) is 24.5 Å². The lowest BCUT2D eigenvalue weighted by molar-refractivity contribution is -0.146. The number of carbonyl (C=O) groups excluding carboxylic acids is 2. The molecular weight excluding hydrogens is 378 g/mol. The maximum Gasteiger partial charge on any atom is 0.308 e. The van der Waals surface area contributed by atoms with E-state index in [-0.39, 0.29) is 23.8 Å². The van der Waals surface area contributed by atoms with Gasteiger partial charge in [-0.05, 0) is 55.2 Å². The molecule has 7 heteroatoms. The fourth-order valence-electron chi connectivity index (χ4n) is 3.77. The van der Waals surface area contributed by atoms with Crippen molar-refractivity contribution in [2.24, 2.45) is 5.92 Å². The third-order valence-corrected chi connectivity index (χ3v) is 6.33. The predicted octanol–water partition coefficient (Wildman–Crippen LogP) is 3.65. The zero-order valence-corrected chi connectivity index (χ0v) is 16.6. The molecule has 1 fully saturated rings. The largest absolute Gasteiger partial charge is 0.486 e. The van der Waals surface area contributed by atoms with Crippen LogP contribution in [0.3, 0.4) is 0 Å². The third-order valence-electron chi connectivity index (χ3n) is 5.20. The quantitative estimate of drug-likeness (QED) is 0.792. The summed E-state index contributed by atoms with van der Waals surface area (Å²) in [7, 11) is 1.41. The van der Waals surface area contributed by atoms with E-state index in [1.54, 1.807) is 0 Å². The molecule has 1 saturated carbocycles. The number of carbonyl (C=O) groups is 2. The Kier molecular flexibility index (Phi) is 5.52. The van der Waals surface area contributed by atoms with Gasteiger partial charge in [0.15, 0.2) is 11.5 Å². The molecule has 1 aromatic carbocycles. The molecule has 2 aliphatic rings. The molecule has 4 rings (SSSR count). The van der Waals surface area contributed by atoms with Gasteiger partial charge in [-0.15, -0.1) is 11.3 Å².